The van der Waals surface area contributed by atoms with Crippen molar-refractivity contribution < 1.29 is 18.8 Å². The number of halogens is 1. The minimum absolute atomic E-state index is 0.194. The molecular weight excluding hydrogens is 281 g/mol. The normalized spacial score (nSPS) is 16.5. The zero-order valence-electron chi connectivity index (χ0n) is 12.1. The molecular formula is C14H20FNO3S. The first-order valence-electron chi connectivity index (χ1n) is 6.23. The predicted octanol–water partition coefficient (Wildman–Crippen LogP) is 2.57. The Kier molecular flexibility index (Phi) is 5.18. The topological polar surface area (TPSA) is 72.4 Å². The number of carboxylic acid groups (broad SMARTS) is 1. The second kappa shape index (κ2) is 6.11. The highest BCUT2D eigenvalue weighted by atomic mass is 32.2. The van der Waals surface area contributed by atoms with Gasteiger partial charge in [0.1, 0.15) is 10.6 Å². The van der Waals surface area contributed by atoms with Gasteiger partial charge in [-0.25, -0.2) is 4.39 Å². The van der Waals surface area contributed by atoms with E-state index in [1.807, 2.05) is 0 Å². The summed E-state index contributed by atoms with van der Waals surface area (Å²) in [6.07, 6.45) is -0.365. The quantitative estimate of drug-likeness (QED) is 0.820. The Bertz CT molecular complexity index is 490. The van der Waals surface area contributed by atoms with E-state index in [2.05, 4.69) is 4.72 Å². The van der Waals surface area contributed by atoms with Crippen LogP contribution in [0.15, 0.2) is 24.3 Å². The standard InChI is InChI=1S/C14H20FNO3S/c1-13(2,3)20(19)16-14(4,9-12(17)18)10-7-5-6-8-11(10)15/h5-8,16H,9H2,1-4H3,(H,17,18). The summed E-state index contributed by atoms with van der Waals surface area (Å²) in [4.78, 5) is 11.1. The molecule has 0 amide bonds. The Morgan fingerprint density at radius 3 is 2.35 bits per heavy atom. The van der Waals surface area contributed by atoms with Gasteiger partial charge in [0, 0.05) is 16.9 Å². The third kappa shape index (κ3) is 4.19. The number of rotatable bonds is 5. The number of aliphatic carboxylic acids is 1. The molecule has 6 heteroatoms. The van der Waals surface area contributed by atoms with Crippen LogP contribution in [-0.4, -0.2) is 20.4 Å². The van der Waals surface area contributed by atoms with Crippen molar-refractivity contribution in [3.8, 4) is 0 Å². The van der Waals surface area contributed by atoms with Crippen molar-refractivity contribution in [2.75, 3.05) is 0 Å². The lowest BCUT2D eigenvalue weighted by Gasteiger charge is -2.34. The molecule has 2 atom stereocenters. The van der Waals surface area contributed by atoms with Crippen molar-refractivity contribution >= 4 is 17.3 Å². The Hall–Kier alpha value is -1.11. The van der Waals surface area contributed by atoms with Crippen molar-refractivity contribution in [3.63, 3.8) is 0 Å². The molecule has 20 heavy (non-hydrogen) atoms. The van der Waals surface area contributed by atoms with Crippen molar-refractivity contribution in [2.45, 2.75) is 44.4 Å². The molecule has 1 aromatic carbocycles. The number of nitrogens with one attached hydrogen (secondary N) is 1. The Morgan fingerprint density at radius 1 is 1.35 bits per heavy atom. The first-order valence-corrected chi connectivity index (χ1v) is 7.38. The summed E-state index contributed by atoms with van der Waals surface area (Å²) in [5.41, 5.74) is -1.05. The number of hydrogen-bond acceptors (Lipinski definition) is 3. The molecule has 0 aliphatic carbocycles. The molecule has 0 heterocycles. The zero-order valence-corrected chi connectivity index (χ0v) is 12.9. The summed E-state index contributed by atoms with van der Waals surface area (Å²) < 4.78 is 28.4. The summed E-state index contributed by atoms with van der Waals surface area (Å²) in [6.45, 7) is 6.83. The van der Waals surface area contributed by atoms with Gasteiger partial charge in [0.25, 0.3) is 0 Å². The van der Waals surface area contributed by atoms with E-state index in [9.17, 15) is 13.7 Å². The third-order valence-electron chi connectivity index (χ3n) is 2.85. The fourth-order valence-electron chi connectivity index (χ4n) is 1.76. The molecule has 0 aromatic heterocycles. The molecule has 4 nitrogen and oxygen atoms in total. The van der Waals surface area contributed by atoms with Crippen LogP contribution in [0, 0.1) is 5.82 Å². The third-order valence-corrected chi connectivity index (χ3v) is 4.60. The Labute approximate surface area is 121 Å². The van der Waals surface area contributed by atoms with Gasteiger partial charge in [-0.1, -0.05) is 18.2 Å². The van der Waals surface area contributed by atoms with Gasteiger partial charge in [0.15, 0.2) is 0 Å². The Morgan fingerprint density at radius 2 is 1.90 bits per heavy atom. The average molecular weight is 301 g/mol. The molecule has 0 bridgehead atoms. The number of carbonyl (C=O) groups is 1. The molecule has 1 rings (SSSR count). The highest BCUT2D eigenvalue weighted by Crippen LogP contribution is 2.30. The van der Waals surface area contributed by atoms with Crippen LogP contribution in [0.2, 0.25) is 0 Å². The first kappa shape index (κ1) is 16.9. The van der Waals surface area contributed by atoms with Gasteiger partial charge in [-0.05, 0) is 33.8 Å². The monoisotopic (exact) mass is 301 g/mol. The van der Waals surface area contributed by atoms with E-state index in [1.165, 1.54) is 18.2 Å². The molecule has 0 radical (unpaired) electrons. The van der Waals surface area contributed by atoms with Gasteiger partial charge in [-0.15, -0.1) is 4.72 Å². The van der Waals surface area contributed by atoms with Crippen molar-refractivity contribution in [1.82, 2.24) is 4.72 Å². The van der Waals surface area contributed by atoms with E-state index >= 15 is 0 Å². The van der Waals surface area contributed by atoms with E-state index in [-0.39, 0.29) is 12.0 Å². The van der Waals surface area contributed by atoms with Gasteiger partial charge in [-0.2, -0.15) is 0 Å². The van der Waals surface area contributed by atoms with E-state index < -0.39 is 33.4 Å². The van der Waals surface area contributed by atoms with E-state index in [0.29, 0.717) is 0 Å². The smallest absolute Gasteiger partial charge is 0.305 e. The van der Waals surface area contributed by atoms with Crippen LogP contribution in [0.3, 0.4) is 0 Å². The van der Waals surface area contributed by atoms with Crippen LogP contribution in [0.4, 0.5) is 4.39 Å². The maximum atomic E-state index is 14.0. The van der Waals surface area contributed by atoms with Crippen LogP contribution in [0.25, 0.3) is 0 Å². The number of benzene rings is 1. The van der Waals surface area contributed by atoms with Gasteiger partial charge < -0.3 is 9.66 Å². The van der Waals surface area contributed by atoms with Gasteiger partial charge >= 0.3 is 5.97 Å². The second-order valence-electron chi connectivity index (χ2n) is 5.87. The van der Waals surface area contributed by atoms with Gasteiger partial charge in [-0.3, -0.25) is 4.79 Å². The highest BCUT2D eigenvalue weighted by molar-refractivity contribution is 7.90. The number of carboxylic acids is 1. The van der Waals surface area contributed by atoms with Crippen LogP contribution >= 0.6 is 0 Å². The van der Waals surface area contributed by atoms with Gasteiger partial charge in [0.05, 0.1) is 12.0 Å². The molecule has 0 spiro atoms. The highest BCUT2D eigenvalue weighted by Gasteiger charge is 2.40. The van der Waals surface area contributed by atoms with Crippen molar-refractivity contribution in [2.24, 2.45) is 0 Å². The van der Waals surface area contributed by atoms with Crippen LogP contribution < -0.4 is 4.72 Å². The van der Waals surface area contributed by atoms with E-state index in [0.717, 1.165) is 0 Å². The minimum atomic E-state index is -1.51. The molecule has 0 aliphatic rings. The van der Waals surface area contributed by atoms with Crippen LogP contribution in [-0.2, 0) is 21.7 Å². The average Bonchev–Trinajstić information content (AvgIpc) is 2.26. The zero-order chi connectivity index (χ0) is 15.6. The fourth-order valence-corrected chi connectivity index (χ4v) is 2.65. The fraction of sp³-hybridized carbons (Fsp3) is 0.500. The van der Waals surface area contributed by atoms with Crippen molar-refractivity contribution in [1.29, 1.82) is 0 Å². The van der Waals surface area contributed by atoms with Crippen LogP contribution in [0.5, 0.6) is 0 Å². The van der Waals surface area contributed by atoms with E-state index in [1.54, 1.807) is 33.8 Å². The predicted molar refractivity (Wildman–Crippen MR) is 77.0 cm³/mol. The lowest BCUT2D eigenvalue weighted by Crippen LogP contribution is -2.51. The number of hydrogen-bond donors (Lipinski definition) is 2. The second-order valence-corrected chi connectivity index (χ2v) is 7.83. The molecule has 0 fully saturated rings. The summed E-state index contributed by atoms with van der Waals surface area (Å²) in [6, 6.07) is 5.92. The summed E-state index contributed by atoms with van der Waals surface area (Å²) in [5.74, 6) is -1.61. The van der Waals surface area contributed by atoms with E-state index in [4.69, 9.17) is 5.11 Å². The van der Waals surface area contributed by atoms with Gasteiger partial charge in [0.2, 0.25) is 0 Å². The lowest BCUT2D eigenvalue weighted by molar-refractivity contribution is -0.138. The first-order chi connectivity index (χ1) is 9.06. The Balaban J connectivity index is 3.17. The molecule has 1 aromatic rings. The van der Waals surface area contributed by atoms with Crippen molar-refractivity contribution in [3.05, 3.63) is 35.6 Å². The molecule has 0 saturated carbocycles. The SMILES string of the molecule is CC(CC(=O)O)(N[S+]([O-])C(C)(C)C)c1ccccc1F. The summed E-state index contributed by atoms with van der Waals surface area (Å²) in [7, 11) is 0. The molecule has 112 valence electrons. The summed E-state index contributed by atoms with van der Waals surface area (Å²) in [5, 5.41) is 9.06. The largest absolute Gasteiger partial charge is 0.598 e. The molecule has 0 aliphatic heterocycles. The summed E-state index contributed by atoms with van der Waals surface area (Å²) >= 11 is -1.51. The lowest BCUT2D eigenvalue weighted by atomic mass is 9.89. The molecule has 2 unspecified atom stereocenters. The molecule has 2 N–H and O–H groups in total. The molecule has 0 saturated heterocycles. The maximum Gasteiger partial charge on any atom is 0.305 e. The van der Waals surface area contributed by atoms with Crippen LogP contribution in [0.1, 0.15) is 39.7 Å². The minimum Gasteiger partial charge on any atom is -0.598 e. The maximum absolute atomic E-state index is 14.0.